The van der Waals surface area contributed by atoms with Gasteiger partial charge in [-0.3, -0.25) is 9.59 Å². The van der Waals surface area contributed by atoms with E-state index in [4.69, 9.17) is 0 Å². The molecule has 0 fully saturated rings. The van der Waals surface area contributed by atoms with Gasteiger partial charge in [-0.25, -0.2) is 0 Å². The van der Waals surface area contributed by atoms with Crippen LogP contribution in [0.25, 0.3) is 0 Å². The van der Waals surface area contributed by atoms with Crippen LogP contribution >= 0.6 is 0 Å². The lowest BCUT2D eigenvalue weighted by Crippen LogP contribution is -2.23. The minimum absolute atomic E-state index is 0.0290. The average molecular weight is 216 g/mol. The van der Waals surface area contributed by atoms with Crippen LogP contribution in [-0.4, -0.2) is 18.4 Å². The number of carbonyl (C=O) groups excluding carboxylic acids is 2. The third-order valence-corrected chi connectivity index (χ3v) is 2.40. The van der Waals surface area contributed by atoms with Crippen molar-refractivity contribution >= 4 is 17.5 Å². The minimum atomic E-state index is -0.151. The van der Waals surface area contributed by atoms with Gasteiger partial charge in [-0.2, -0.15) is 0 Å². The molecule has 2 rings (SSSR count). The number of fused-ring (bicyclic) bond motifs is 1. The maximum Gasteiger partial charge on any atom is 0.251 e. The average Bonchev–Trinajstić information content (AvgIpc) is 2.64. The zero-order valence-corrected chi connectivity index (χ0v) is 8.75. The van der Waals surface area contributed by atoms with Crippen LogP contribution in [0, 0.1) is 0 Å². The number of nitrogens with one attached hydrogen (secondary N) is 2. The molecule has 82 valence electrons. The molecule has 1 aliphatic rings. The second-order valence-electron chi connectivity index (χ2n) is 3.60. The fourth-order valence-corrected chi connectivity index (χ4v) is 1.64. The van der Waals surface area contributed by atoms with E-state index in [2.05, 4.69) is 17.2 Å². The van der Waals surface area contributed by atoms with Crippen molar-refractivity contribution in [3.63, 3.8) is 0 Å². The molecule has 1 aromatic carbocycles. The molecule has 2 amide bonds. The number of hydrogen-bond acceptors (Lipinski definition) is 2. The van der Waals surface area contributed by atoms with E-state index < -0.39 is 0 Å². The SMILES string of the molecule is C=CCNC(=O)c1ccc2c(c1)CC(=O)N2. The van der Waals surface area contributed by atoms with Gasteiger partial charge in [0.05, 0.1) is 6.42 Å². The molecule has 4 heteroatoms. The second-order valence-corrected chi connectivity index (χ2v) is 3.60. The Balaban J connectivity index is 2.19. The van der Waals surface area contributed by atoms with Crippen LogP contribution in [0.3, 0.4) is 0 Å². The second kappa shape index (κ2) is 4.18. The summed E-state index contributed by atoms with van der Waals surface area (Å²) in [6.45, 7) is 3.96. The monoisotopic (exact) mass is 216 g/mol. The summed E-state index contributed by atoms with van der Waals surface area (Å²) in [5, 5.41) is 5.41. The van der Waals surface area contributed by atoms with Gasteiger partial charge in [-0.15, -0.1) is 6.58 Å². The van der Waals surface area contributed by atoms with Gasteiger partial charge in [-0.05, 0) is 23.8 Å². The Morgan fingerprint density at radius 3 is 3.12 bits per heavy atom. The Bertz CT molecular complexity index is 466. The standard InChI is InChI=1S/C12H12N2O2/c1-2-5-13-12(16)8-3-4-10-9(6-8)7-11(15)14-10/h2-4,6H,1,5,7H2,(H,13,16)(H,14,15). The largest absolute Gasteiger partial charge is 0.349 e. The first-order chi connectivity index (χ1) is 7.70. The van der Waals surface area contributed by atoms with Gasteiger partial charge in [0.2, 0.25) is 5.91 Å². The molecule has 0 bridgehead atoms. The van der Waals surface area contributed by atoms with E-state index in [1.165, 1.54) is 0 Å². The Labute approximate surface area is 93.3 Å². The zero-order valence-electron chi connectivity index (χ0n) is 8.75. The zero-order chi connectivity index (χ0) is 11.5. The van der Waals surface area contributed by atoms with Gasteiger partial charge in [0.25, 0.3) is 5.91 Å². The van der Waals surface area contributed by atoms with Gasteiger partial charge < -0.3 is 10.6 Å². The molecule has 4 nitrogen and oxygen atoms in total. The highest BCUT2D eigenvalue weighted by Crippen LogP contribution is 2.23. The molecular formula is C12H12N2O2. The van der Waals surface area contributed by atoms with Gasteiger partial charge in [0.1, 0.15) is 0 Å². The number of anilines is 1. The van der Waals surface area contributed by atoms with Crippen LogP contribution in [0.5, 0.6) is 0 Å². The van der Waals surface area contributed by atoms with Crippen molar-refractivity contribution in [2.24, 2.45) is 0 Å². The Morgan fingerprint density at radius 1 is 1.56 bits per heavy atom. The number of amides is 2. The van der Waals surface area contributed by atoms with E-state index in [-0.39, 0.29) is 11.8 Å². The molecule has 1 aromatic rings. The number of rotatable bonds is 3. The summed E-state index contributed by atoms with van der Waals surface area (Å²) in [6.07, 6.45) is 1.97. The first kappa shape index (κ1) is 10.4. The lowest BCUT2D eigenvalue weighted by Gasteiger charge is -2.04. The molecule has 16 heavy (non-hydrogen) atoms. The molecule has 0 radical (unpaired) electrons. The Morgan fingerprint density at radius 2 is 2.38 bits per heavy atom. The molecule has 0 aromatic heterocycles. The fourth-order valence-electron chi connectivity index (χ4n) is 1.64. The quantitative estimate of drug-likeness (QED) is 0.743. The summed E-state index contributed by atoms with van der Waals surface area (Å²) < 4.78 is 0. The summed E-state index contributed by atoms with van der Waals surface area (Å²) in [7, 11) is 0. The third kappa shape index (κ3) is 1.95. The van der Waals surface area contributed by atoms with Crippen LogP contribution in [0.2, 0.25) is 0 Å². The van der Waals surface area contributed by atoms with E-state index in [1.54, 1.807) is 24.3 Å². The van der Waals surface area contributed by atoms with Crippen molar-refractivity contribution in [3.05, 3.63) is 42.0 Å². The van der Waals surface area contributed by atoms with Crippen molar-refractivity contribution in [3.8, 4) is 0 Å². The van der Waals surface area contributed by atoms with E-state index >= 15 is 0 Å². The van der Waals surface area contributed by atoms with Crippen molar-refractivity contribution in [1.82, 2.24) is 5.32 Å². The summed E-state index contributed by atoms with van der Waals surface area (Å²) in [4.78, 5) is 22.7. The van der Waals surface area contributed by atoms with Gasteiger partial charge >= 0.3 is 0 Å². The molecule has 2 N–H and O–H groups in total. The van der Waals surface area contributed by atoms with E-state index in [1.807, 2.05) is 0 Å². The predicted octanol–water partition coefficient (Wildman–Crippen LogP) is 1.10. The first-order valence-corrected chi connectivity index (χ1v) is 5.02. The highest BCUT2D eigenvalue weighted by atomic mass is 16.2. The summed E-state index contributed by atoms with van der Waals surface area (Å²) in [5.74, 6) is -0.180. The fraction of sp³-hybridized carbons (Fsp3) is 0.167. The van der Waals surface area contributed by atoms with Gasteiger partial charge in [0, 0.05) is 17.8 Å². The molecule has 1 heterocycles. The lowest BCUT2D eigenvalue weighted by molar-refractivity contribution is -0.115. The molecule has 0 saturated carbocycles. The van der Waals surface area contributed by atoms with Crippen LogP contribution in [0.1, 0.15) is 15.9 Å². The minimum Gasteiger partial charge on any atom is -0.349 e. The van der Waals surface area contributed by atoms with Gasteiger partial charge in [0.15, 0.2) is 0 Å². The highest BCUT2D eigenvalue weighted by molar-refractivity contribution is 6.01. The number of hydrogen-bond donors (Lipinski definition) is 2. The maximum absolute atomic E-state index is 11.6. The maximum atomic E-state index is 11.6. The van der Waals surface area contributed by atoms with Crippen molar-refractivity contribution in [1.29, 1.82) is 0 Å². The molecule has 0 atom stereocenters. The molecule has 0 saturated heterocycles. The Hall–Kier alpha value is -2.10. The molecule has 1 aliphatic heterocycles. The molecular weight excluding hydrogens is 204 g/mol. The smallest absolute Gasteiger partial charge is 0.251 e. The first-order valence-electron chi connectivity index (χ1n) is 5.02. The predicted molar refractivity (Wildman–Crippen MR) is 61.3 cm³/mol. The van der Waals surface area contributed by atoms with Crippen LogP contribution in [0.4, 0.5) is 5.69 Å². The third-order valence-electron chi connectivity index (χ3n) is 2.40. The Kier molecular flexibility index (Phi) is 2.72. The van der Waals surface area contributed by atoms with Crippen LogP contribution in [-0.2, 0) is 11.2 Å². The van der Waals surface area contributed by atoms with Crippen molar-refractivity contribution in [2.45, 2.75) is 6.42 Å². The molecule has 0 unspecified atom stereocenters. The van der Waals surface area contributed by atoms with Crippen LogP contribution < -0.4 is 10.6 Å². The van der Waals surface area contributed by atoms with Crippen molar-refractivity contribution in [2.75, 3.05) is 11.9 Å². The number of carbonyl (C=O) groups is 2. The summed E-state index contributed by atoms with van der Waals surface area (Å²) in [6, 6.07) is 5.19. The summed E-state index contributed by atoms with van der Waals surface area (Å²) in [5.41, 5.74) is 2.23. The highest BCUT2D eigenvalue weighted by Gasteiger charge is 2.18. The van der Waals surface area contributed by atoms with E-state index in [0.29, 0.717) is 18.5 Å². The molecule has 0 spiro atoms. The van der Waals surface area contributed by atoms with Crippen LogP contribution in [0.15, 0.2) is 30.9 Å². The lowest BCUT2D eigenvalue weighted by atomic mass is 10.1. The van der Waals surface area contributed by atoms with Crippen molar-refractivity contribution < 1.29 is 9.59 Å². The topological polar surface area (TPSA) is 58.2 Å². The molecule has 0 aliphatic carbocycles. The van der Waals surface area contributed by atoms with Gasteiger partial charge in [-0.1, -0.05) is 6.08 Å². The number of benzene rings is 1. The van der Waals surface area contributed by atoms with E-state index in [0.717, 1.165) is 11.3 Å². The van der Waals surface area contributed by atoms with E-state index in [9.17, 15) is 9.59 Å². The summed E-state index contributed by atoms with van der Waals surface area (Å²) >= 11 is 0. The normalized spacial score (nSPS) is 12.9.